The zero-order valence-corrected chi connectivity index (χ0v) is 12.9. The van der Waals surface area contributed by atoms with Gasteiger partial charge in [-0.1, -0.05) is 6.92 Å². The second-order valence-corrected chi connectivity index (χ2v) is 6.96. The molecule has 118 valence electrons. The fourth-order valence-corrected chi connectivity index (χ4v) is 4.33. The molecule has 3 saturated carbocycles. The van der Waals surface area contributed by atoms with Crippen LogP contribution in [0.1, 0.15) is 57.7 Å². The summed E-state index contributed by atoms with van der Waals surface area (Å²) < 4.78 is 1.59. The Labute approximate surface area is 128 Å². The van der Waals surface area contributed by atoms with Crippen LogP contribution < -0.4 is 11.2 Å². The van der Waals surface area contributed by atoms with E-state index >= 15 is 0 Å². The van der Waals surface area contributed by atoms with E-state index in [1.54, 1.807) is 4.57 Å². The maximum absolute atomic E-state index is 12.1. The molecular weight excluding hydrogens is 280 g/mol. The fourth-order valence-electron chi connectivity index (χ4n) is 4.33. The molecule has 2 N–H and O–H groups in total. The highest BCUT2D eigenvalue weighted by molar-refractivity contribution is 5.70. The highest BCUT2D eigenvalue weighted by Gasteiger charge is 2.43. The smallest absolute Gasteiger partial charge is 0.330 e. The van der Waals surface area contributed by atoms with E-state index in [4.69, 9.17) is 4.98 Å². The summed E-state index contributed by atoms with van der Waals surface area (Å²) in [6.07, 6.45) is 8.05. The SMILES string of the molecule is CCCn1c(=O)[nH]c(=O)c2[nH]c(C34CCC(CC3)CC4)nc21. The zero-order chi connectivity index (χ0) is 15.3. The second kappa shape index (κ2) is 4.83. The third-order valence-electron chi connectivity index (χ3n) is 5.68. The Morgan fingerprint density at radius 3 is 2.50 bits per heavy atom. The summed E-state index contributed by atoms with van der Waals surface area (Å²) in [4.78, 5) is 34.6. The number of hydrogen-bond acceptors (Lipinski definition) is 3. The number of aromatic nitrogens is 4. The molecule has 0 aliphatic heterocycles. The van der Waals surface area contributed by atoms with E-state index in [9.17, 15) is 9.59 Å². The Morgan fingerprint density at radius 1 is 1.18 bits per heavy atom. The monoisotopic (exact) mass is 302 g/mol. The average Bonchev–Trinajstić information content (AvgIpc) is 3.00. The van der Waals surface area contributed by atoms with Gasteiger partial charge in [0.05, 0.1) is 0 Å². The number of fused-ring (bicyclic) bond motifs is 4. The van der Waals surface area contributed by atoms with Crippen molar-refractivity contribution in [2.45, 2.75) is 63.8 Å². The number of nitrogens with one attached hydrogen (secondary N) is 2. The van der Waals surface area contributed by atoms with Gasteiger partial charge in [-0.3, -0.25) is 14.3 Å². The van der Waals surface area contributed by atoms with E-state index in [0.717, 1.165) is 37.4 Å². The first-order chi connectivity index (χ1) is 10.6. The van der Waals surface area contributed by atoms with E-state index in [1.807, 2.05) is 6.92 Å². The predicted molar refractivity (Wildman–Crippen MR) is 84.1 cm³/mol. The van der Waals surface area contributed by atoms with Crippen molar-refractivity contribution in [3.05, 3.63) is 26.7 Å². The summed E-state index contributed by atoms with van der Waals surface area (Å²) in [6, 6.07) is 0. The highest BCUT2D eigenvalue weighted by Crippen LogP contribution is 2.50. The topological polar surface area (TPSA) is 83.5 Å². The molecule has 22 heavy (non-hydrogen) atoms. The second-order valence-electron chi connectivity index (χ2n) is 6.96. The van der Waals surface area contributed by atoms with Crippen molar-refractivity contribution < 1.29 is 0 Å². The molecule has 2 aromatic rings. The van der Waals surface area contributed by atoms with Crippen LogP contribution >= 0.6 is 0 Å². The van der Waals surface area contributed by atoms with Gasteiger partial charge in [0.1, 0.15) is 11.3 Å². The van der Waals surface area contributed by atoms with Crippen LogP contribution in [0.15, 0.2) is 9.59 Å². The lowest BCUT2D eigenvalue weighted by Crippen LogP contribution is -2.38. The van der Waals surface area contributed by atoms with E-state index in [1.165, 1.54) is 19.3 Å². The molecule has 2 aromatic heterocycles. The third kappa shape index (κ3) is 1.89. The normalized spacial score (nSPS) is 27.6. The minimum atomic E-state index is -0.359. The van der Waals surface area contributed by atoms with Crippen molar-refractivity contribution in [1.29, 1.82) is 0 Å². The summed E-state index contributed by atoms with van der Waals surface area (Å²) in [6.45, 7) is 2.59. The van der Waals surface area contributed by atoms with Crippen molar-refractivity contribution in [3.8, 4) is 0 Å². The van der Waals surface area contributed by atoms with E-state index in [2.05, 4.69) is 9.97 Å². The molecule has 2 bridgehead atoms. The molecule has 6 heteroatoms. The minimum absolute atomic E-state index is 0.0906. The van der Waals surface area contributed by atoms with Gasteiger partial charge in [-0.2, -0.15) is 0 Å². The lowest BCUT2D eigenvalue weighted by atomic mass is 9.60. The largest absolute Gasteiger partial charge is 0.336 e. The van der Waals surface area contributed by atoms with Crippen molar-refractivity contribution in [2.75, 3.05) is 0 Å². The minimum Gasteiger partial charge on any atom is -0.336 e. The van der Waals surface area contributed by atoms with E-state index in [0.29, 0.717) is 17.7 Å². The Balaban J connectivity index is 1.90. The van der Waals surface area contributed by atoms with Gasteiger partial charge >= 0.3 is 5.69 Å². The van der Waals surface area contributed by atoms with Gasteiger partial charge < -0.3 is 4.98 Å². The van der Waals surface area contributed by atoms with E-state index in [-0.39, 0.29) is 16.7 Å². The molecule has 0 atom stereocenters. The van der Waals surface area contributed by atoms with Crippen LogP contribution in [0.25, 0.3) is 11.2 Å². The van der Waals surface area contributed by atoms with Crippen molar-refractivity contribution in [2.24, 2.45) is 5.92 Å². The van der Waals surface area contributed by atoms with Gasteiger partial charge in [0.25, 0.3) is 5.56 Å². The van der Waals surface area contributed by atoms with Crippen LogP contribution in [0.4, 0.5) is 0 Å². The van der Waals surface area contributed by atoms with Crippen LogP contribution in [-0.4, -0.2) is 19.5 Å². The number of aryl methyl sites for hydroxylation is 1. The van der Waals surface area contributed by atoms with Crippen LogP contribution in [0.2, 0.25) is 0 Å². The van der Waals surface area contributed by atoms with Gasteiger partial charge in [0.15, 0.2) is 5.65 Å². The molecule has 0 aromatic carbocycles. The summed E-state index contributed by atoms with van der Waals surface area (Å²) in [5.41, 5.74) is 0.347. The molecule has 0 radical (unpaired) electrons. The molecule has 6 nitrogen and oxygen atoms in total. The highest BCUT2D eigenvalue weighted by atomic mass is 16.2. The summed E-state index contributed by atoms with van der Waals surface area (Å²) in [5, 5.41) is 0. The quantitative estimate of drug-likeness (QED) is 0.910. The first-order valence-corrected chi connectivity index (χ1v) is 8.36. The molecule has 0 saturated heterocycles. The maximum Gasteiger partial charge on any atom is 0.330 e. The Morgan fingerprint density at radius 2 is 1.86 bits per heavy atom. The molecule has 5 rings (SSSR count). The Bertz CT molecular complexity index is 807. The standard InChI is InChI=1S/C16H22N4O2/c1-2-9-20-12-11(13(21)19-15(20)22)17-14(18-12)16-6-3-10(4-7-16)5-8-16/h10H,2-9H2,1H3,(H,17,18)(H,19,21,22). The van der Waals surface area contributed by atoms with Crippen LogP contribution in [0.5, 0.6) is 0 Å². The molecule has 0 spiro atoms. The van der Waals surface area contributed by atoms with Crippen molar-refractivity contribution >= 4 is 11.2 Å². The fraction of sp³-hybridized carbons (Fsp3) is 0.688. The van der Waals surface area contributed by atoms with Gasteiger partial charge in [0.2, 0.25) is 0 Å². The van der Waals surface area contributed by atoms with Crippen molar-refractivity contribution in [3.63, 3.8) is 0 Å². The number of aromatic amines is 2. The lowest BCUT2D eigenvalue weighted by Gasteiger charge is -2.45. The molecule has 2 heterocycles. The maximum atomic E-state index is 12.1. The number of nitrogens with zero attached hydrogens (tertiary/aromatic N) is 2. The van der Waals surface area contributed by atoms with Gasteiger partial charge in [0, 0.05) is 12.0 Å². The molecule has 3 aliphatic rings. The Hall–Kier alpha value is -1.85. The predicted octanol–water partition coefficient (Wildman–Crippen LogP) is 2.04. The van der Waals surface area contributed by atoms with Crippen LogP contribution in [0.3, 0.4) is 0 Å². The van der Waals surface area contributed by atoms with Crippen LogP contribution in [0, 0.1) is 5.92 Å². The van der Waals surface area contributed by atoms with E-state index < -0.39 is 0 Å². The summed E-state index contributed by atoms with van der Waals surface area (Å²) >= 11 is 0. The van der Waals surface area contributed by atoms with Crippen molar-refractivity contribution in [1.82, 2.24) is 19.5 Å². The zero-order valence-electron chi connectivity index (χ0n) is 12.9. The summed E-state index contributed by atoms with van der Waals surface area (Å²) in [7, 11) is 0. The van der Waals surface area contributed by atoms with Crippen LogP contribution in [-0.2, 0) is 12.0 Å². The van der Waals surface area contributed by atoms with Gasteiger partial charge in [-0.25, -0.2) is 9.78 Å². The first-order valence-electron chi connectivity index (χ1n) is 8.36. The number of H-pyrrole nitrogens is 2. The molecule has 3 fully saturated rings. The Kier molecular flexibility index (Phi) is 3.03. The lowest BCUT2D eigenvalue weighted by molar-refractivity contribution is 0.129. The van der Waals surface area contributed by atoms with Gasteiger partial charge in [-0.15, -0.1) is 0 Å². The molecular formula is C16H22N4O2. The molecule has 3 aliphatic carbocycles. The number of imidazole rings is 1. The first kappa shape index (κ1) is 13.8. The summed E-state index contributed by atoms with van der Waals surface area (Å²) in [5.74, 6) is 1.80. The number of hydrogen-bond donors (Lipinski definition) is 2. The number of rotatable bonds is 3. The molecule has 0 amide bonds. The third-order valence-corrected chi connectivity index (χ3v) is 5.68. The molecule has 0 unspecified atom stereocenters. The van der Waals surface area contributed by atoms with Gasteiger partial charge in [-0.05, 0) is 50.9 Å². The average molecular weight is 302 g/mol.